The molecule has 0 spiro atoms. The summed E-state index contributed by atoms with van der Waals surface area (Å²) in [5, 5.41) is 0. The van der Waals surface area contributed by atoms with E-state index in [2.05, 4.69) is 26.8 Å². The van der Waals surface area contributed by atoms with Crippen LogP contribution < -0.4 is 0 Å². The lowest BCUT2D eigenvalue weighted by molar-refractivity contribution is -0.298. The van der Waals surface area contributed by atoms with Crippen LogP contribution in [0.3, 0.4) is 0 Å². The number of cyclic esters (lactones) is 1. The van der Waals surface area contributed by atoms with Gasteiger partial charge in [-0.05, 0) is 36.5 Å². The van der Waals surface area contributed by atoms with E-state index >= 15 is 0 Å². The Morgan fingerprint density at radius 1 is 0.841 bits per heavy atom. The van der Waals surface area contributed by atoms with Crippen LogP contribution in [0.1, 0.15) is 94.4 Å². The second kappa shape index (κ2) is 10.9. The SMILES string of the molecule is CC(=O)O[C@H]1[C@@H](OC(C)=O)[C@@]2(C)C3=CC[C@@H]([C@@H]4COC(=O)C4)[C@]3(C)CC[C@@H]2[C@@]2(C)[C@@H](OC(C)=O)C[C@@H](OC(C)=O)C(C)(C)[C@H]12. The molecule has 0 N–H and O–H groups in total. The van der Waals surface area contributed by atoms with Gasteiger partial charge in [0.15, 0.2) is 0 Å². The average molecular weight is 617 g/mol. The molecule has 4 aliphatic carbocycles. The molecule has 0 bridgehead atoms. The second-order valence-corrected chi connectivity index (χ2v) is 15.1. The summed E-state index contributed by atoms with van der Waals surface area (Å²) in [6, 6.07) is 0. The van der Waals surface area contributed by atoms with Crippen molar-refractivity contribution in [2.75, 3.05) is 6.61 Å². The molecule has 10 heteroatoms. The maximum atomic E-state index is 12.9. The molecule has 0 aromatic carbocycles. The van der Waals surface area contributed by atoms with Gasteiger partial charge in [0.25, 0.3) is 0 Å². The van der Waals surface area contributed by atoms with Crippen LogP contribution >= 0.6 is 0 Å². The van der Waals surface area contributed by atoms with Gasteiger partial charge >= 0.3 is 29.8 Å². The van der Waals surface area contributed by atoms with Gasteiger partial charge in [-0.2, -0.15) is 0 Å². The number of carbonyl (C=O) groups is 5. The summed E-state index contributed by atoms with van der Waals surface area (Å²) in [4.78, 5) is 62.9. The van der Waals surface area contributed by atoms with Crippen LogP contribution in [0, 0.1) is 45.3 Å². The first kappa shape index (κ1) is 32.5. The number of carbonyl (C=O) groups excluding carboxylic acids is 5. The molecule has 0 amide bonds. The predicted molar refractivity (Wildman–Crippen MR) is 156 cm³/mol. The normalized spacial score (nSPS) is 43.8. The van der Waals surface area contributed by atoms with Crippen molar-refractivity contribution in [1.29, 1.82) is 0 Å². The van der Waals surface area contributed by atoms with Crippen LogP contribution in [0.15, 0.2) is 11.6 Å². The average Bonchev–Trinajstić information content (AvgIpc) is 3.46. The first-order chi connectivity index (χ1) is 20.4. The second-order valence-electron chi connectivity index (χ2n) is 15.1. The van der Waals surface area contributed by atoms with Gasteiger partial charge in [0, 0.05) is 62.2 Å². The van der Waals surface area contributed by atoms with E-state index < -0.39 is 70.5 Å². The molecule has 0 aromatic rings. The Balaban J connectivity index is 1.72. The van der Waals surface area contributed by atoms with Gasteiger partial charge in [-0.15, -0.1) is 0 Å². The number of allylic oxidation sites excluding steroid dienone is 1. The summed E-state index contributed by atoms with van der Waals surface area (Å²) in [5.41, 5.74) is -1.50. The Bertz CT molecular complexity index is 1280. The first-order valence-corrected chi connectivity index (χ1v) is 15.9. The highest BCUT2D eigenvalue weighted by atomic mass is 16.6. The number of hydrogen-bond donors (Lipinski definition) is 0. The van der Waals surface area contributed by atoms with Gasteiger partial charge in [0.1, 0.15) is 24.4 Å². The minimum Gasteiger partial charge on any atom is -0.465 e. The number of ether oxygens (including phenoxy) is 5. The summed E-state index contributed by atoms with van der Waals surface area (Å²) in [7, 11) is 0. The maximum absolute atomic E-state index is 12.9. The highest BCUT2D eigenvalue weighted by molar-refractivity contribution is 5.72. The smallest absolute Gasteiger partial charge is 0.306 e. The summed E-state index contributed by atoms with van der Waals surface area (Å²) in [6.07, 6.45) is 2.14. The quantitative estimate of drug-likeness (QED) is 0.243. The molecular weight excluding hydrogens is 568 g/mol. The van der Waals surface area contributed by atoms with E-state index in [0.29, 0.717) is 13.0 Å². The highest BCUT2D eigenvalue weighted by Crippen LogP contribution is 2.74. The van der Waals surface area contributed by atoms with E-state index in [1.807, 2.05) is 13.8 Å². The van der Waals surface area contributed by atoms with Crippen molar-refractivity contribution in [3.63, 3.8) is 0 Å². The van der Waals surface area contributed by atoms with E-state index in [0.717, 1.165) is 24.8 Å². The van der Waals surface area contributed by atoms with Gasteiger partial charge in [-0.25, -0.2) is 0 Å². The van der Waals surface area contributed by atoms with Gasteiger partial charge < -0.3 is 23.7 Å². The van der Waals surface area contributed by atoms with Crippen LogP contribution in [0.2, 0.25) is 0 Å². The third-order valence-corrected chi connectivity index (χ3v) is 12.3. The Hall–Kier alpha value is -2.91. The third-order valence-electron chi connectivity index (χ3n) is 12.3. The Morgan fingerprint density at radius 2 is 1.43 bits per heavy atom. The Morgan fingerprint density at radius 3 is 1.98 bits per heavy atom. The molecule has 11 atom stereocenters. The largest absolute Gasteiger partial charge is 0.465 e. The maximum Gasteiger partial charge on any atom is 0.306 e. The highest BCUT2D eigenvalue weighted by Gasteiger charge is 2.76. The zero-order chi connectivity index (χ0) is 32.6. The standard InChI is InChI=1S/C34H48O10/c1-17(35)41-25-15-26(42-18(2)36)34(9)24-12-13-32(7)22(21-14-27(39)40-16-21)10-11-23(32)33(24,8)30(44-20(4)38)28(43-19(3)37)29(34)31(25,5)6/h11,21-22,24-26,28-30H,10,12-16H2,1-9H3/t21-,22-,24-,25+,26-,28+,29-,30+,32-,33-,34-/m0/s1. The molecule has 44 heavy (non-hydrogen) atoms. The number of esters is 5. The van der Waals surface area contributed by atoms with E-state index in [1.165, 1.54) is 27.7 Å². The first-order valence-electron chi connectivity index (χ1n) is 15.9. The molecule has 0 radical (unpaired) electrons. The lowest BCUT2D eigenvalue weighted by atomic mass is 9.35. The monoisotopic (exact) mass is 616 g/mol. The lowest BCUT2D eigenvalue weighted by Gasteiger charge is -2.71. The van der Waals surface area contributed by atoms with Crippen LogP contribution in [-0.2, 0) is 47.7 Å². The van der Waals surface area contributed by atoms with Crippen LogP contribution in [0.5, 0.6) is 0 Å². The van der Waals surface area contributed by atoms with E-state index in [4.69, 9.17) is 23.7 Å². The van der Waals surface area contributed by atoms with Crippen molar-refractivity contribution >= 4 is 29.8 Å². The van der Waals surface area contributed by atoms with Crippen LogP contribution in [0.4, 0.5) is 0 Å². The molecule has 4 fully saturated rings. The summed E-state index contributed by atoms with van der Waals surface area (Å²) >= 11 is 0. The van der Waals surface area contributed by atoms with E-state index in [1.54, 1.807) is 0 Å². The summed E-state index contributed by atoms with van der Waals surface area (Å²) < 4.78 is 29.9. The molecule has 244 valence electrons. The van der Waals surface area contributed by atoms with Gasteiger partial charge in [-0.1, -0.05) is 46.3 Å². The summed E-state index contributed by atoms with van der Waals surface area (Å²) in [5.74, 6) is -2.52. The van der Waals surface area contributed by atoms with Crippen molar-refractivity contribution in [3.05, 3.63) is 11.6 Å². The fourth-order valence-corrected chi connectivity index (χ4v) is 11.0. The molecule has 1 saturated heterocycles. The van der Waals surface area contributed by atoms with Crippen molar-refractivity contribution < 1.29 is 47.7 Å². The lowest BCUT2D eigenvalue weighted by Crippen LogP contribution is -2.75. The fraction of sp³-hybridized carbons (Fsp3) is 0.794. The summed E-state index contributed by atoms with van der Waals surface area (Å²) in [6.45, 7) is 16.3. The van der Waals surface area contributed by atoms with Crippen LogP contribution in [-0.4, -0.2) is 60.9 Å². The van der Waals surface area contributed by atoms with E-state index in [9.17, 15) is 24.0 Å². The molecule has 5 rings (SSSR count). The molecule has 0 unspecified atom stereocenters. The zero-order valence-corrected chi connectivity index (χ0v) is 27.5. The van der Waals surface area contributed by atoms with Crippen molar-refractivity contribution in [2.24, 2.45) is 45.3 Å². The van der Waals surface area contributed by atoms with E-state index in [-0.39, 0.29) is 35.6 Å². The zero-order valence-electron chi connectivity index (χ0n) is 27.5. The third kappa shape index (κ3) is 4.77. The van der Waals surface area contributed by atoms with Gasteiger partial charge in [0.2, 0.25) is 0 Å². The van der Waals surface area contributed by atoms with Crippen molar-refractivity contribution in [2.45, 2.75) is 119 Å². The van der Waals surface area contributed by atoms with Gasteiger partial charge in [0.05, 0.1) is 13.0 Å². The molecule has 5 aliphatic rings. The predicted octanol–water partition coefficient (Wildman–Crippen LogP) is 4.71. The molecule has 3 saturated carbocycles. The van der Waals surface area contributed by atoms with Gasteiger partial charge in [-0.3, -0.25) is 24.0 Å². The van der Waals surface area contributed by atoms with Crippen molar-refractivity contribution in [1.82, 2.24) is 0 Å². The Labute approximate surface area is 259 Å². The van der Waals surface area contributed by atoms with Crippen LogP contribution in [0.25, 0.3) is 0 Å². The minimum atomic E-state index is -0.923. The minimum absolute atomic E-state index is 0.0802. The number of fused-ring (bicyclic) bond motifs is 5. The molecule has 1 heterocycles. The topological polar surface area (TPSA) is 132 Å². The Kier molecular flexibility index (Phi) is 8.02. The molecular formula is C34H48O10. The molecule has 0 aromatic heterocycles. The number of hydrogen-bond acceptors (Lipinski definition) is 10. The van der Waals surface area contributed by atoms with Crippen molar-refractivity contribution in [3.8, 4) is 0 Å². The fourth-order valence-electron chi connectivity index (χ4n) is 11.0. The molecule has 1 aliphatic heterocycles. The molecule has 10 nitrogen and oxygen atoms in total. The number of rotatable bonds is 5.